The number of hydrogen-bond acceptors (Lipinski definition) is 6. The average Bonchev–Trinajstić information content (AvgIpc) is 3.22. The maximum Gasteiger partial charge on any atom is 0.350 e. The maximum atomic E-state index is 12.1. The zero-order valence-corrected chi connectivity index (χ0v) is 16.4. The summed E-state index contributed by atoms with van der Waals surface area (Å²) < 4.78 is 11.4. The molecule has 0 amide bonds. The van der Waals surface area contributed by atoms with Gasteiger partial charge in [-0.25, -0.2) is 9.78 Å². The Morgan fingerprint density at radius 2 is 2.15 bits per heavy atom. The highest BCUT2D eigenvalue weighted by molar-refractivity contribution is 7.17. The third-order valence-corrected chi connectivity index (χ3v) is 6.57. The van der Waals surface area contributed by atoms with Crippen LogP contribution in [0.25, 0.3) is 10.6 Å². The van der Waals surface area contributed by atoms with Crippen molar-refractivity contribution in [2.45, 2.75) is 58.0 Å². The summed E-state index contributed by atoms with van der Waals surface area (Å²) >= 11 is 1.32. The van der Waals surface area contributed by atoms with Crippen LogP contribution in [0.5, 0.6) is 5.75 Å². The van der Waals surface area contributed by atoms with Crippen LogP contribution in [0.2, 0.25) is 0 Å². The smallest absolute Gasteiger partial charge is 0.350 e. The van der Waals surface area contributed by atoms with Gasteiger partial charge in [0.2, 0.25) is 0 Å². The molecule has 1 saturated carbocycles. The highest BCUT2D eigenvalue weighted by Crippen LogP contribution is 2.46. The van der Waals surface area contributed by atoms with Gasteiger partial charge in [0, 0.05) is 17.5 Å². The molecule has 2 aliphatic rings. The summed E-state index contributed by atoms with van der Waals surface area (Å²) in [4.78, 5) is 17.2. The number of esters is 1. The SMILES string of the molecule is CCOC(=O)c1sc(-c2cc(C#N)c3c(c2)CC2(CCCCC2)O3)nc1C. The van der Waals surface area contributed by atoms with Crippen LogP contribution in [0.1, 0.15) is 65.5 Å². The van der Waals surface area contributed by atoms with Gasteiger partial charge < -0.3 is 9.47 Å². The van der Waals surface area contributed by atoms with Gasteiger partial charge in [-0.05, 0) is 51.7 Å². The summed E-state index contributed by atoms with van der Waals surface area (Å²) in [6.07, 6.45) is 6.55. The van der Waals surface area contributed by atoms with Crippen LogP contribution in [0.15, 0.2) is 12.1 Å². The molecule has 1 fully saturated rings. The number of benzene rings is 1. The third kappa shape index (κ3) is 3.21. The van der Waals surface area contributed by atoms with Crippen molar-refractivity contribution in [1.29, 1.82) is 5.26 Å². The van der Waals surface area contributed by atoms with Gasteiger partial charge >= 0.3 is 5.97 Å². The van der Waals surface area contributed by atoms with Crippen LogP contribution in [-0.2, 0) is 11.2 Å². The van der Waals surface area contributed by atoms with E-state index in [9.17, 15) is 10.1 Å². The van der Waals surface area contributed by atoms with Crippen molar-refractivity contribution in [3.05, 3.63) is 33.8 Å². The minimum absolute atomic E-state index is 0.139. The predicted molar refractivity (Wildman–Crippen MR) is 103 cm³/mol. The van der Waals surface area contributed by atoms with Crippen molar-refractivity contribution < 1.29 is 14.3 Å². The molecular weight excluding hydrogens is 360 g/mol. The number of aromatic nitrogens is 1. The summed E-state index contributed by atoms with van der Waals surface area (Å²) in [5.41, 5.74) is 3.02. The van der Waals surface area contributed by atoms with Crippen LogP contribution >= 0.6 is 11.3 Å². The molecule has 2 heterocycles. The fraction of sp³-hybridized carbons (Fsp3) is 0.476. The van der Waals surface area contributed by atoms with Crippen LogP contribution in [0.4, 0.5) is 0 Å². The highest BCUT2D eigenvalue weighted by Gasteiger charge is 2.41. The lowest BCUT2D eigenvalue weighted by Crippen LogP contribution is -2.36. The topological polar surface area (TPSA) is 72.2 Å². The Morgan fingerprint density at radius 3 is 2.85 bits per heavy atom. The molecule has 4 rings (SSSR count). The van der Waals surface area contributed by atoms with Crippen LogP contribution < -0.4 is 4.74 Å². The summed E-state index contributed by atoms with van der Waals surface area (Å²) in [6, 6.07) is 6.19. The molecule has 1 aliphatic heterocycles. The Kier molecular flexibility index (Phi) is 4.65. The number of nitriles is 1. The number of nitrogens with zero attached hydrogens (tertiary/aromatic N) is 2. The van der Waals surface area contributed by atoms with Gasteiger partial charge in [-0.15, -0.1) is 11.3 Å². The Labute approximate surface area is 162 Å². The van der Waals surface area contributed by atoms with Crippen molar-refractivity contribution in [2.24, 2.45) is 0 Å². The lowest BCUT2D eigenvalue weighted by molar-refractivity contribution is 0.0523. The first-order chi connectivity index (χ1) is 13.0. The van der Waals surface area contributed by atoms with Crippen molar-refractivity contribution in [2.75, 3.05) is 6.61 Å². The Morgan fingerprint density at radius 1 is 1.37 bits per heavy atom. The van der Waals surface area contributed by atoms with E-state index < -0.39 is 0 Å². The molecule has 0 bridgehead atoms. The molecule has 0 radical (unpaired) electrons. The van der Waals surface area contributed by atoms with Gasteiger partial charge in [-0.3, -0.25) is 0 Å². The molecule has 0 N–H and O–H groups in total. The highest BCUT2D eigenvalue weighted by atomic mass is 32.1. The maximum absolute atomic E-state index is 12.1. The molecule has 140 valence electrons. The Balaban J connectivity index is 1.71. The van der Waals surface area contributed by atoms with Crippen LogP contribution in [-0.4, -0.2) is 23.2 Å². The molecule has 1 spiro atoms. The second-order valence-corrected chi connectivity index (χ2v) is 8.30. The molecule has 2 aromatic rings. The molecule has 27 heavy (non-hydrogen) atoms. The number of rotatable bonds is 3. The largest absolute Gasteiger partial charge is 0.485 e. The van der Waals surface area contributed by atoms with E-state index in [1.165, 1.54) is 30.6 Å². The average molecular weight is 382 g/mol. The summed E-state index contributed by atoms with van der Waals surface area (Å²) in [5, 5.41) is 10.4. The minimum Gasteiger partial charge on any atom is -0.485 e. The molecular formula is C21H22N2O3S. The summed E-state index contributed by atoms with van der Waals surface area (Å²) in [6.45, 7) is 3.93. The zero-order valence-electron chi connectivity index (χ0n) is 15.6. The van der Waals surface area contributed by atoms with Gasteiger partial charge in [-0.2, -0.15) is 5.26 Å². The quantitative estimate of drug-likeness (QED) is 0.713. The van der Waals surface area contributed by atoms with Gasteiger partial charge in [0.15, 0.2) is 0 Å². The second-order valence-electron chi connectivity index (χ2n) is 7.30. The van der Waals surface area contributed by atoms with E-state index in [1.54, 1.807) is 6.92 Å². The Bertz CT molecular complexity index is 936. The first kappa shape index (κ1) is 18.0. The van der Waals surface area contributed by atoms with Crippen LogP contribution in [0, 0.1) is 18.3 Å². The predicted octanol–water partition coefficient (Wildman–Crippen LogP) is 4.80. The number of hydrogen-bond donors (Lipinski definition) is 0. The van der Waals surface area contributed by atoms with E-state index in [1.807, 2.05) is 13.0 Å². The lowest BCUT2D eigenvalue weighted by Gasteiger charge is -2.32. The molecule has 1 aromatic carbocycles. The molecule has 5 nitrogen and oxygen atoms in total. The fourth-order valence-corrected chi connectivity index (χ4v) is 5.08. The van der Waals surface area contributed by atoms with Crippen LogP contribution in [0.3, 0.4) is 0 Å². The standard InChI is InChI=1S/C21H22N2O3S/c1-3-25-20(24)18-13(2)23-19(27-18)14-9-15-11-21(7-5-4-6-8-21)26-17(15)16(10-14)12-22/h9-10H,3-8,11H2,1-2H3. The van der Waals surface area contributed by atoms with Gasteiger partial charge in [0.05, 0.1) is 17.9 Å². The fourth-order valence-electron chi connectivity index (χ4n) is 4.13. The van der Waals surface area contributed by atoms with Crippen molar-refractivity contribution in [1.82, 2.24) is 4.98 Å². The number of fused-ring (bicyclic) bond motifs is 1. The number of ether oxygens (including phenoxy) is 2. The van der Waals surface area contributed by atoms with E-state index in [0.29, 0.717) is 22.7 Å². The van der Waals surface area contributed by atoms with Crippen molar-refractivity contribution >= 4 is 17.3 Å². The molecule has 0 unspecified atom stereocenters. The first-order valence-electron chi connectivity index (χ1n) is 9.46. The number of carbonyl (C=O) groups is 1. The van der Waals surface area contributed by atoms with Gasteiger partial charge in [-0.1, -0.05) is 6.42 Å². The molecule has 1 aliphatic carbocycles. The monoisotopic (exact) mass is 382 g/mol. The Hall–Kier alpha value is -2.39. The van der Waals surface area contributed by atoms with Crippen molar-refractivity contribution in [3.8, 4) is 22.4 Å². The van der Waals surface area contributed by atoms with E-state index in [-0.39, 0.29) is 11.6 Å². The van der Waals surface area contributed by atoms with E-state index >= 15 is 0 Å². The van der Waals surface area contributed by atoms with Gasteiger partial charge in [0.1, 0.15) is 27.3 Å². The van der Waals surface area contributed by atoms with E-state index in [4.69, 9.17) is 9.47 Å². The first-order valence-corrected chi connectivity index (χ1v) is 10.3. The molecule has 0 atom stereocenters. The zero-order chi connectivity index (χ0) is 19.0. The van der Waals surface area contributed by atoms with E-state index in [0.717, 1.165) is 41.1 Å². The third-order valence-electron chi connectivity index (χ3n) is 5.39. The number of thiazole rings is 1. The second kappa shape index (κ2) is 6.97. The van der Waals surface area contributed by atoms with Crippen molar-refractivity contribution in [3.63, 3.8) is 0 Å². The summed E-state index contributed by atoms with van der Waals surface area (Å²) in [7, 11) is 0. The number of carbonyl (C=O) groups excluding carboxylic acids is 1. The molecule has 0 saturated heterocycles. The lowest BCUT2D eigenvalue weighted by atomic mass is 9.82. The summed E-state index contributed by atoms with van der Waals surface area (Å²) in [5.74, 6) is 0.395. The minimum atomic E-state index is -0.343. The number of aryl methyl sites for hydroxylation is 1. The molecule has 6 heteroatoms. The normalized spacial score (nSPS) is 17.2. The van der Waals surface area contributed by atoms with E-state index in [2.05, 4.69) is 17.1 Å². The molecule has 1 aromatic heterocycles. The van der Waals surface area contributed by atoms with Gasteiger partial charge in [0.25, 0.3) is 0 Å².